The van der Waals surface area contributed by atoms with Crippen molar-refractivity contribution in [1.82, 2.24) is 9.78 Å². The van der Waals surface area contributed by atoms with Gasteiger partial charge < -0.3 is 0 Å². The zero-order valence-corrected chi connectivity index (χ0v) is 18.0. The maximum Gasteiger partial charge on any atom is 0.212 e. The van der Waals surface area contributed by atoms with Crippen molar-refractivity contribution >= 4 is 17.9 Å². The predicted octanol–water partition coefficient (Wildman–Crippen LogP) is 6.94. The van der Waals surface area contributed by atoms with Gasteiger partial charge in [0.05, 0.1) is 11.4 Å². The average molecular weight is 427 g/mol. The minimum absolute atomic E-state index is 0.0647. The van der Waals surface area contributed by atoms with Crippen molar-refractivity contribution in [2.24, 2.45) is 0 Å². The molecule has 33 heavy (non-hydrogen) atoms. The van der Waals surface area contributed by atoms with Crippen LogP contribution in [0.4, 0.5) is 0 Å². The summed E-state index contributed by atoms with van der Waals surface area (Å²) in [6, 6.07) is 39.2. The fraction of sp³-hybridized carbons (Fsp3) is 0. The van der Waals surface area contributed by atoms with Gasteiger partial charge in [0, 0.05) is 11.1 Å². The summed E-state index contributed by atoms with van der Waals surface area (Å²) in [5.74, 6) is -0.0647. The minimum Gasteiger partial charge on any atom is -0.287 e. The first-order chi connectivity index (χ1) is 16.3. The SMILES string of the molecule is O=C(c1ccccc1)c1c(-c2ccccc2)c(/C=C/c2ccccc2)nn1-c1ccccc1. The normalized spacial score (nSPS) is 11.0. The van der Waals surface area contributed by atoms with Gasteiger partial charge in [0.15, 0.2) is 0 Å². The summed E-state index contributed by atoms with van der Waals surface area (Å²) >= 11 is 0. The summed E-state index contributed by atoms with van der Waals surface area (Å²) in [6.45, 7) is 0. The smallest absolute Gasteiger partial charge is 0.212 e. The van der Waals surface area contributed by atoms with Gasteiger partial charge in [-0.25, -0.2) is 4.68 Å². The standard InChI is InChI=1S/C30H22N2O/c33-30(25-17-9-3-10-18-25)29-28(24-15-7-2-8-16-24)27(22-21-23-13-5-1-6-14-23)31-32(29)26-19-11-4-12-20-26/h1-22H/b22-21+. The topological polar surface area (TPSA) is 34.9 Å². The Morgan fingerprint density at radius 2 is 1.18 bits per heavy atom. The second kappa shape index (κ2) is 9.33. The second-order valence-corrected chi connectivity index (χ2v) is 7.66. The molecule has 0 radical (unpaired) electrons. The van der Waals surface area contributed by atoms with Crippen LogP contribution in [0.15, 0.2) is 121 Å². The van der Waals surface area contributed by atoms with Crippen LogP contribution in [0, 0.1) is 0 Å². The molecule has 0 aliphatic carbocycles. The van der Waals surface area contributed by atoms with Gasteiger partial charge in [-0.1, -0.05) is 115 Å². The molecule has 0 saturated heterocycles. The van der Waals surface area contributed by atoms with Gasteiger partial charge in [0.2, 0.25) is 5.78 Å². The van der Waals surface area contributed by atoms with E-state index in [1.165, 1.54) is 0 Å². The van der Waals surface area contributed by atoms with Crippen LogP contribution in [0.25, 0.3) is 29.0 Å². The van der Waals surface area contributed by atoms with Gasteiger partial charge in [0.1, 0.15) is 5.69 Å². The van der Waals surface area contributed by atoms with Gasteiger partial charge in [-0.3, -0.25) is 4.79 Å². The zero-order valence-electron chi connectivity index (χ0n) is 18.0. The number of hydrogen-bond donors (Lipinski definition) is 0. The molecular formula is C30H22N2O. The highest BCUT2D eigenvalue weighted by atomic mass is 16.1. The van der Waals surface area contributed by atoms with Crippen LogP contribution in [0.5, 0.6) is 0 Å². The number of carbonyl (C=O) groups is 1. The van der Waals surface area contributed by atoms with Gasteiger partial charge >= 0.3 is 0 Å². The maximum absolute atomic E-state index is 13.8. The largest absolute Gasteiger partial charge is 0.287 e. The summed E-state index contributed by atoms with van der Waals surface area (Å²) < 4.78 is 1.77. The summed E-state index contributed by atoms with van der Waals surface area (Å²) in [4.78, 5) is 13.8. The molecule has 0 bridgehead atoms. The lowest BCUT2D eigenvalue weighted by Crippen LogP contribution is -2.11. The number of rotatable bonds is 6. The lowest BCUT2D eigenvalue weighted by molar-refractivity contribution is 0.103. The molecule has 0 unspecified atom stereocenters. The van der Waals surface area contributed by atoms with E-state index in [4.69, 9.17) is 5.10 Å². The molecule has 4 aromatic carbocycles. The van der Waals surface area contributed by atoms with Gasteiger partial charge in [-0.05, 0) is 29.3 Å². The van der Waals surface area contributed by atoms with Crippen LogP contribution in [0.3, 0.4) is 0 Å². The number of para-hydroxylation sites is 1. The van der Waals surface area contributed by atoms with E-state index in [0.717, 1.165) is 28.1 Å². The van der Waals surface area contributed by atoms with Crippen molar-refractivity contribution in [2.45, 2.75) is 0 Å². The van der Waals surface area contributed by atoms with E-state index in [9.17, 15) is 4.79 Å². The molecule has 0 aliphatic rings. The van der Waals surface area contributed by atoms with E-state index in [1.807, 2.05) is 133 Å². The van der Waals surface area contributed by atoms with Crippen LogP contribution >= 0.6 is 0 Å². The van der Waals surface area contributed by atoms with Crippen LogP contribution < -0.4 is 0 Å². The van der Waals surface area contributed by atoms with Crippen LogP contribution in [0.2, 0.25) is 0 Å². The molecule has 0 fully saturated rings. The Hall–Kier alpha value is -4.50. The monoisotopic (exact) mass is 426 g/mol. The Bertz CT molecular complexity index is 1390. The number of aromatic nitrogens is 2. The highest BCUT2D eigenvalue weighted by molar-refractivity contribution is 6.13. The molecule has 3 heteroatoms. The van der Waals surface area contributed by atoms with Gasteiger partial charge in [-0.2, -0.15) is 5.10 Å². The molecule has 158 valence electrons. The highest BCUT2D eigenvalue weighted by Gasteiger charge is 2.25. The Labute approximate surface area is 193 Å². The number of nitrogens with zero attached hydrogens (tertiary/aromatic N) is 2. The van der Waals surface area contributed by atoms with Crippen molar-refractivity contribution < 1.29 is 4.79 Å². The second-order valence-electron chi connectivity index (χ2n) is 7.66. The molecule has 5 rings (SSSR count). The van der Waals surface area contributed by atoms with Crippen molar-refractivity contribution in [3.8, 4) is 16.8 Å². The Balaban J connectivity index is 1.77. The third-order valence-corrected chi connectivity index (χ3v) is 5.46. The Morgan fingerprint density at radius 3 is 1.82 bits per heavy atom. The van der Waals surface area contributed by atoms with Crippen LogP contribution in [-0.2, 0) is 0 Å². The van der Waals surface area contributed by atoms with Crippen molar-refractivity contribution in [2.75, 3.05) is 0 Å². The molecular weight excluding hydrogens is 404 g/mol. The first-order valence-corrected chi connectivity index (χ1v) is 10.9. The minimum atomic E-state index is -0.0647. The van der Waals surface area contributed by atoms with Crippen molar-refractivity contribution in [3.63, 3.8) is 0 Å². The number of carbonyl (C=O) groups excluding carboxylic acids is 1. The maximum atomic E-state index is 13.8. The van der Waals surface area contributed by atoms with E-state index >= 15 is 0 Å². The Morgan fingerprint density at radius 1 is 0.636 bits per heavy atom. The van der Waals surface area contributed by atoms with Crippen LogP contribution in [0.1, 0.15) is 27.3 Å². The summed E-state index contributed by atoms with van der Waals surface area (Å²) in [6.07, 6.45) is 4.01. The molecule has 3 nitrogen and oxygen atoms in total. The summed E-state index contributed by atoms with van der Waals surface area (Å²) in [5.41, 5.74) is 5.60. The zero-order chi connectivity index (χ0) is 22.5. The lowest BCUT2D eigenvalue weighted by Gasteiger charge is -2.09. The predicted molar refractivity (Wildman–Crippen MR) is 134 cm³/mol. The molecule has 5 aromatic rings. The molecule has 0 saturated carbocycles. The summed E-state index contributed by atoms with van der Waals surface area (Å²) in [5, 5.41) is 4.93. The number of hydrogen-bond acceptors (Lipinski definition) is 2. The van der Waals surface area contributed by atoms with Gasteiger partial charge in [0.25, 0.3) is 0 Å². The molecule has 0 amide bonds. The molecule has 0 atom stereocenters. The molecule has 0 N–H and O–H groups in total. The molecule has 1 heterocycles. The first-order valence-electron chi connectivity index (χ1n) is 10.9. The third-order valence-electron chi connectivity index (χ3n) is 5.46. The van der Waals surface area contributed by atoms with E-state index in [0.29, 0.717) is 11.3 Å². The fourth-order valence-electron chi connectivity index (χ4n) is 3.87. The average Bonchev–Trinajstić information content (AvgIpc) is 3.28. The van der Waals surface area contributed by atoms with E-state index < -0.39 is 0 Å². The quantitative estimate of drug-likeness (QED) is 0.276. The first kappa shape index (κ1) is 20.4. The van der Waals surface area contributed by atoms with E-state index in [2.05, 4.69) is 0 Å². The van der Waals surface area contributed by atoms with Crippen molar-refractivity contribution in [3.05, 3.63) is 144 Å². The highest BCUT2D eigenvalue weighted by Crippen LogP contribution is 2.32. The number of benzene rings is 4. The van der Waals surface area contributed by atoms with Gasteiger partial charge in [-0.15, -0.1) is 0 Å². The summed E-state index contributed by atoms with van der Waals surface area (Å²) in [7, 11) is 0. The Kier molecular flexibility index (Phi) is 5.77. The van der Waals surface area contributed by atoms with E-state index in [-0.39, 0.29) is 5.78 Å². The molecule has 0 aliphatic heterocycles. The van der Waals surface area contributed by atoms with E-state index in [1.54, 1.807) is 4.68 Å². The molecule has 0 spiro atoms. The molecule has 1 aromatic heterocycles. The van der Waals surface area contributed by atoms with Crippen molar-refractivity contribution in [1.29, 1.82) is 0 Å². The number of ketones is 1. The third kappa shape index (κ3) is 4.30. The van der Waals surface area contributed by atoms with Crippen LogP contribution in [-0.4, -0.2) is 15.6 Å². The fourth-order valence-corrected chi connectivity index (χ4v) is 3.87. The lowest BCUT2D eigenvalue weighted by atomic mass is 9.97.